The van der Waals surface area contributed by atoms with E-state index >= 15 is 0 Å². The summed E-state index contributed by atoms with van der Waals surface area (Å²) in [6.07, 6.45) is 2.35. The molecule has 3 rings (SSSR count). The molecular formula is C9H9N3O. The van der Waals surface area contributed by atoms with Gasteiger partial charge in [0.05, 0.1) is 11.6 Å². The molecule has 1 aliphatic rings. The molecule has 66 valence electrons. The quantitative estimate of drug-likeness (QED) is 0.714. The number of phenols is 1. The summed E-state index contributed by atoms with van der Waals surface area (Å²) >= 11 is 0. The van der Waals surface area contributed by atoms with Crippen molar-refractivity contribution >= 4 is 11.0 Å². The summed E-state index contributed by atoms with van der Waals surface area (Å²) in [7, 11) is 0. The van der Waals surface area contributed by atoms with Crippen LogP contribution in [0.2, 0.25) is 0 Å². The van der Waals surface area contributed by atoms with Gasteiger partial charge in [-0.2, -0.15) is 0 Å². The van der Waals surface area contributed by atoms with Crippen molar-refractivity contribution in [1.82, 2.24) is 15.0 Å². The molecule has 1 heterocycles. The number of aromatic hydroxyl groups is 1. The van der Waals surface area contributed by atoms with E-state index in [-0.39, 0.29) is 5.75 Å². The summed E-state index contributed by atoms with van der Waals surface area (Å²) in [5.74, 6) is 0.275. The molecule has 1 saturated carbocycles. The highest BCUT2D eigenvalue weighted by atomic mass is 16.3. The normalized spacial score (nSPS) is 16.6. The average molecular weight is 175 g/mol. The van der Waals surface area contributed by atoms with Gasteiger partial charge >= 0.3 is 0 Å². The second kappa shape index (κ2) is 2.22. The molecule has 0 bridgehead atoms. The topological polar surface area (TPSA) is 50.9 Å². The van der Waals surface area contributed by atoms with Gasteiger partial charge in [-0.1, -0.05) is 5.21 Å². The lowest BCUT2D eigenvalue weighted by Crippen LogP contribution is -1.95. The lowest BCUT2D eigenvalue weighted by molar-refractivity contribution is 0.475. The molecule has 1 aromatic carbocycles. The van der Waals surface area contributed by atoms with Crippen LogP contribution in [0.5, 0.6) is 5.75 Å². The molecule has 1 aromatic heterocycles. The van der Waals surface area contributed by atoms with E-state index in [2.05, 4.69) is 10.3 Å². The molecule has 0 saturated heterocycles. The van der Waals surface area contributed by atoms with Gasteiger partial charge in [0.1, 0.15) is 11.3 Å². The Hall–Kier alpha value is -1.58. The molecule has 4 nitrogen and oxygen atoms in total. The third kappa shape index (κ3) is 0.983. The molecule has 0 atom stereocenters. The number of phenolic OH excluding ortho intramolecular Hbond substituents is 1. The van der Waals surface area contributed by atoms with Gasteiger partial charge in [-0.15, -0.1) is 5.10 Å². The second-order valence-corrected chi connectivity index (χ2v) is 3.44. The highest BCUT2D eigenvalue weighted by molar-refractivity contribution is 5.76. The van der Waals surface area contributed by atoms with Crippen LogP contribution in [0, 0.1) is 0 Å². The first-order valence-electron chi connectivity index (χ1n) is 4.38. The summed E-state index contributed by atoms with van der Waals surface area (Å²) in [6, 6.07) is 5.64. The van der Waals surface area contributed by atoms with Crippen LogP contribution >= 0.6 is 0 Å². The number of aromatic nitrogens is 3. The third-order valence-electron chi connectivity index (χ3n) is 2.35. The minimum Gasteiger partial charge on any atom is -0.508 e. The predicted octanol–water partition coefficient (Wildman–Crippen LogP) is 1.47. The predicted molar refractivity (Wildman–Crippen MR) is 47.5 cm³/mol. The van der Waals surface area contributed by atoms with E-state index in [1.807, 2.05) is 4.68 Å². The number of hydrogen-bond acceptors (Lipinski definition) is 3. The third-order valence-corrected chi connectivity index (χ3v) is 2.35. The Kier molecular flexibility index (Phi) is 1.17. The maximum atomic E-state index is 9.31. The molecule has 1 N–H and O–H groups in total. The molecular weight excluding hydrogens is 166 g/mol. The Labute approximate surface area is 74.8 Å². The van der Waals surface area contributed by atoms with Crippen molar-refractivity contribution in [3.8, 4) is 5.75 Å². The van der Waals surface area contributed by atoms with Crippen LogP contribution in [0.3, 0.4) is 0 Å². The molecule has 0 aliphatic heterocycles. The highest BCUT2D eigenvalue weighted by Gasteiger charge is 2.26. The van der Waals surface area contributed by atoms with Gasteiger partial charge in [0.25, 0.3) is 0 Å². The van der Waals surface area contributed by atoms with E-state index in [0.717, 1.165) is 11.0 Å². The van der Waals surface area contributed by atoms with Gasteiger partial charge in [0, 0.05) is 6.07 Å². The summed E-state index contributed by atoms with van der Waals surface area (Å²) in [5.41, 5.74) is 1.78. The van der Waals surface area contributed by atoms with Gasteiger partial charge in [-0.25, -0.2) is 4.68 Å². The van der Waals surface area contributed by atoms with Crippen molar-refractivity contribution in [1.29, 1.82) is 0 Å². The largest absolute Gasteiger partial charge is 0.508 e. The maximum absolute atomic E-state index is 9.31. The van der Waals surface area contributed by atoms with Crippen LogP contribution in [0.4, 0.5) is 0 Å². The summed E-state index contributed by atoms with van der Waals surface area (Å²) in [6.45, 7) is 0. The molecule has 0 spiro atoms. The first-order valence-corrected chi connectivity index (χ1v) is 4.38. The van der Waals surface area contributed by atoms with Gasteiger partial charge in [-0.05, 0) is 25.0 Å². The number of fused-ring (bicyclic) bond motifs is 1. The van der Waals surface area contributed by atoms with E-state index in [9.17, 15) is 5.11 Å². The van der Waals surface area contributed by atoms with E-state index in [0.29, 0.717) is 6.04 Å². The monoisotopic (exact) mass is 175 g/mol. The standard InChI is InChI=1S/C9H9N3O/c13-7-3-4-8-9(5-7)12(11-10-8)6-1-2-6/h3-6,13H,1-2H2. The highest BCUT2D eigenvalue weighted by Crippen LogP contribution is 2.36. The van der Waals surface area contributed by atoms with Crippen LogP contribution in [0.1, 0.15) is 18.9 Å². The maximum Gasteiger partial charge on any atom is 0.117 e. The van der Waals surface area contributed by atoms with E-state index < -0.39 is 0 Å². The van der Waals surface area contributed by atoms with Gasteiger partial charge < -0.3 is 5.11 Å². The lowest BCUT2D eigenvalue weighted by Gasteiger charge is -1.97. The van der Waals surface area contributed by atoms with E-state index in [1.54, 1.807) is 18.2 Å². The summed E-state index contributed by atoms with van der Waals surface area (Å²) in [5, 5.41) is 17.4. The van der Waals surface area contributed by atoms with Crippen molar-refractivity contribution in [3.05, 3.63) is 18.2 Å². The second-order valence-electron chi connectivity index (χ2n) is 3.44. The van der Waals surface area contributed by atoms with Gasteiger partial charge in [0.2, 0.25) is 0 Å². The molecule has 2 aromatic rings. The number of rotatable bonds is 1. The van der Waals surface area contributed by atoms with Crippen LogP contribution in [-0.4, -0.2) is 20.1 Å². The molecule has 0 amide bonds. The first-order chi connectivity index (χ1) is 6.34. The zero-order valence-electron chi connectivity index (χ0n) is 7.01. The van der Waals surface area contributed by atoms with Crippen molar-refractivity contribution < 1.29 is 5.11 Å². The summed E-state index contributed by atoms with van der Waals surface area (Å²) in [4.78, 5) is 0. The number of nitrogens with zero attached hydrogens (tertiary/aromatic N) is 3. The van der Waals surface area contributed by atoms with E-state index in [1.165, 1.54) is 12.8 Å². The average Bonchev–Trinajstić information content (AvgIpc) is 2.87. The zero-order chi connectivity index (χ0) is 8.84. The Bertz CT molecular complexity index is 459. The van der Waals surface area contributed by atoms with Crippen molar-refractivity contribution in [2.24, 2.45) is 0 Å². The minimum atomic E-state index is 0.275. The molecule has 13 heavy (non-hydrogen) atoms. The summed E-state index contributed by atoms with van der Waals surface area (Å²) < 4.78 is 1.90. The smallest absolute Gasteiger partial charge is 0.117 e. The Morgan fingerprint density at radius 2 is 2.23 bits per heavy atom. The Balaban J connectivity index is 2.29. The fourth-order valence-electron chi connectivity index (χ4n) is 1.51. The molecule has 4 heteroatoms. The first kappa shape index (κ1) is 6.88. The van der Waals surface area contributed by atoms with Crippen LogP contribution in [0.25, 0.3) is 11.0 Å². The zero-order valence-corrected chi connectivity index (χ0v) is 7.01. The molecule has 0 unspecified atom stereocenters. The fraction of sp³-hybridized carbons (Fsp3) is 0.333. The SMILES string of the molecule is Oc1ccc2nnn(C3CC3)c2c1. The molecule has 1 fully saturated rings. The van der Waals surface area contributed by atoms with E-state index in [4.69, 9.17) is 0 Å². The molecule has 0 radical (unpaired) electrons. The lowest BCUT2D eigenvalue weighted by atomic mass is 10.3. The van der Waals surface area contributed by atoms with Crippen LogP contribution < -0.4 is 0 Å². The van der Waals surface area contributed by atoms with Crippen LogP contribution in [0.15, 0.2) is 18.2 Å². The minimum absolute atomic E-state index is 0.275. The van der Waals surface area contributed by atoms with Crippen molar-refractivity contribution in [2.75, 3.05) is 0 Å². The van der Waals surface area contributed by atoms with Gasteiger partial charge in [-0.3, -0.25) is 0 Å². The van der Waals surface area contributed by atoms with Crippen molar-refractivity contribution in [2.45, 2.75) is 18.9 Å². The number of hydrogen-bond donors (Lipinski definition) is 1. The van der Waals surface area contributed by atoms with Crippen LogP contribution in [-0.2, 0) is 0 Å². The number of benzene rings is 1. The van der Waals surface area contributed by atoms with Gasteiger partial charge in [0.15, 0.2) is 0 Å². The Morgan fingerprint density at radius 3 is 3.00 bits per heavy atom. The van der Waals surface area contributed by atoms with Crippen molar-refractivity contribution in [3.63, 3.8) is 0 Å². The fourth-order valence-corrected chi connectivity index (χ4v) is 1.51. The molecule has 1 aliphatic carbocycles. The Morgan fingerprint density at radius 1 is 1.38 bits per heavy atom.